The van der Waals surface area contributed by atoms with Crippen molar-refractivity contribution < 1.29 is 0 Å². The molecule has 3 nitrogen and oxygen atoms in total. The Labute approximate surface area is 119 Å². The van der Waals surface area contributed by atoms with Crippen LogP contribution in [0.2, 0.25) is 0 Å². The van der Waals surface area contributed by atoms with E-state index in [1.165, 1.54) is 17.9 Å². The molecule has 1 aliphatic rings. The molecular formula is C13H14BrN3S. The molecular weight excluding hydrogens is 310 g/mol. The minimum absolute atomic E-state index is 1.01. The zero-order valence-electron chi connectivity index (χ0n) is 9.97. The smallest absolute Gasteiger partial charge is 0.139 e. The lowest BCUT2D eigenvalue weighted by atomic mass is 10.2. The quantitative estimate of drug-likeness (QED) is 0.805. The van der Waals surface area contributed by atoms with Crippen LogP contribution in [0.1, 0.15) is 6.42 Å². The number of halogens is 1. The molecule has 3 rings (SSSR count). The minimum Gasteiger partial charge on any atom is -0.355 e. The zero-order valence-corrected chi connectivity index (χ0v) is 12.4. The molecule has 0 unspecified atom stereocenters. The van der Waals surface area contributed by atoms with Crippen LogP contribution in [0.15, 0.2) is 29.0 Å². The Bertz CT molecular complexity index is 553. The summed E-state index contributed by atoms with van der Waals surface area (Å²) in [5, 5.41) is 1.14. The van der Waals surface area contributed by atoms with Gasteiger partial charge in [-0.15, -0.1) is 0 Å². The maximum atomic E-state index is 4.50. The molecule has 2 aromatic rings. The van der Waals surface area contributed by atoms with Crippen molar-refractivity contribution in [2.45, 2.75) is 6.42 Å². The van der Waals surface area contributed by atoms with Gasteiger partial charge in [0, 0.05) is 28.7 Å². The van der Waals surface area contributed by atoms with Gasteiger partial charge in [0.25, 0.3) is 0 Å². The lowest BCUT2D eigenvalue weighted by Crippen LogP contribution is -2.26. The predicted octanol–water partition coefficient (Wildman–Crippen LogP) is 3.34. The Hall–Kier alpha value is -0.810. The SMILES string of the molecule is Brc1ccc2ncnc(N3CCCSCC3)c2c1. The summed E-state index contributed by atoms with van der Waals surface area (Å²) in [5.74, 6) is 3.51. The molecule has 0 N–H and O–H groups in total. The Morgan fingerprint density at radius 2 is 2.11 bits per heavy atom. The number of benzene rings is 1. The Balaban J connectivity index is 2.06. The van der Waals surface area contributed by atoms with Crippen molar-refractivity contribution in [2.24, 2.45) is 0 Å². The van der Waals surface area contributed by atoms with Gasteiger partial charge in [-0.2, -0.15) is 11.8 Å². The van der Waals surface area contributed by atoms with Crippen LogP contribution in [-0.4, -0.2) is 34.6 Å². The van der Waals surface area contributed by atoms with Gasteiger partial charge in [0.15, 0.2) is 0 Å². The number of aromatic nitrogens is 2. The lowest BCUT2D eigenvalue weighted by Gasteiger charge is -2.22. The zero-order chi connectivity index (χ0) is 12.4. The summed E-state index contributed by atoms with van der Waals surface area (Å²) < 4.78 is 1.08. The highest BCUT2D eigenvalue weighted by Gasteiger charge is 2.14. The number of fused-ring (bicyclic) bond motifs is 1. The van der Waals surface area contributed by atoms with Gasteiger partial charge < -0.3 is 4.90 Å². The molecule has 1 aliphatic heterocycles. The predicted molar refractivity (Wildman–Crippen MR) is 81.4 cm³/mol. The molecule has 2 heterocycles. The van der Waals surface area contributed by atoms with Crippen LogP contribution in [-0.2, 0) is 0 Å². The number of thioether (sulfide) groups is 1. The number of rotatable bonds is 1. The summed E-state index contributed by atoms with van der Waals surface area (Å²) in [6.07, 6.45) is 2.90. The number of anilines is 1. The molecule has 0 saturated carbocycles. The van der Waals surface area contributed by atoms with E-state index < -0.39 is 0 Å². The summed E-state index contributed by atoms with van der Waals surface area (Å²) in [4.78, 5) is 11.2. The van der Waals surface area contributed by atoms with E-state index in [0.29, 0.717) is 0 Å². The van der Waals surface area contributed by atoms with Gasteiger partial charge in [-0.3, -0.25) is 0 Å². The molecule has 1 aromatic carbocycles. The first-order valence-electron chi connectivity index (χ1n) is 6.07. The van der Waals surface area contributed by atoms with Crippen molar-refractivity contribution >= 4 is 44.4 Å². The van der Waals surface area contributed by atoms with Gasteiger partial charge >= 0.3 is 0 Å². The van der Waals surface area contributed by atoms with Crippen molar-refractivity contribution in [3.8, 4) is 0 Å². The van der Waals surface area contributed by atoms with Gasteiger partial charge in [0.05, 0.1) is 5.52 Å². The third-order valence-corrected chi connectivity index (χ3v) is 4.64. The number of hydrogen-bond acceptors (Lipinski definition) is 4. The van der Waals surface area contributed by atoms with E-state index in [9.17, 15) is 0 Å². The molecule has 18 heavy (non-hydrogen) atoms. The highest BCUT2D eigenvalue weighted by atomic mass is 79.9. The lowest BCUT2D eigenvalue weighted by molar-refractivity contribution is 0.804. The van der Waals surface area contributed by atoms with Crippen LogP contribution >= 0.6 is 27.7 Å². The molecule has 5 heteroatoms. The first-order chi connectivity index (χ1) is 8.84. The van der Waals surface area contributed by atoms with Gasteiger partial charge in [-0.1, -0.05) is 15.9 Å². The molecule has 0 spiro atoms. The first-order valence-corrected chi connectivity index (χ1v) is 8.02. The highest BCUT2D eigenvalue weighted by molar-refractivity contribution is 9.10. The van der Waals surface area contributed by atoms with Crippen molar-refractivity contribution in [2.75, 3.05) is 29.5 Å². The summed E-state index contributed by atoms with van der Waals surface area (Å²) in [7, 11) is 0. The maximum Gasteiger partial charge on any atom is 0.139 e. The standard InChI is InChI=1S/C13H14BrN3S/c14-10-2-3-12-11(8-10)13(16-9-15-12)17-4-1-6-18-7-5-17/h2-3,8-9H,1,4-7H2. The first kappa shape index (κ1) is 12.2. The van der Waals surface area contributed by atoms with Crippen LogP contribution in [0, 0.1) is 0 Å². The Morgan fingerprint density at radius 1 is 1.17 bits per heavy atom. The second-order valence-corrected chi connectivity index (χ2v) is 6.45. The van der Waals surface area contributed by atoms with Crippen LogP contribution in [0.25, 0.3) is 10.9 Å². The average molecular weight is 324 g/mol. The summed E-state index contributed by atoms with van der Waals surface area (Å²) in [6, 6.07) is 6.18. The van der Waals surface area contributed by atoms with E-state index in [1.807, 2.05) is 23.9 Å². The normalized spacial score (nSPS) is 16.8. The van der Waals surface area contributed by atoms with Crippen molar-refractivity contribution in [3.63, 3.8) is 0 Å². The molecule has 94 valence electrons. The van der Waals surface area contributed by atoms with E-state index in [-0.39, 0.29) is 0 Å². The molecule has 1 aromatic heterocycles. The monoisotopic (exact) mass is 323 g/mol. The van der Waals surface area contributed by atoms with Crippen LogP contribution in [0.3, 0.4) is 0 Å². The van der Waals surface area contributed by atoms with Crippen LogP contribution in [0.4, 0.5) is 5.82 Å². The molecule has 0 radical (unpaired) electrons. The molecule has 1 saturated heterocycles. The van der Waals surface area contributed by atoms with Gasteiger partial charge in [-0.05, 0) is 30.4 Å². The third kappa shape index (κ3) is 2.47. The van der Waals surface area contributed by atoms with E-state index in [1.54, 1.807) is 6.33 Å². The maximum absolute atomic E-state index is 4.50. The fourth-order valence-corrected chi connectivity index (χ4v) is 3.47. The highest BCUT2D eigenvalue weighted by Crippen LogP contribution is 2.27. The Kier molecular flexibility index (Phi) is 3.70. The molecule has 1 fully saturated rings. The number of nitrogens with zero attached hydrogens (tertiary/aromatic N) is 3. The topological polar surface area (TPSA) is 29.0 Å². The van der Waals surface area contributed by atoms with E-state index in [4.69, 9.17) is 0 Å². The second kappa shape index (κ2) is 5.45. The Morgan fingerprint density at radius 3 is 3.06 bits per heavy atom. The van der Waals surface area contributed by atoms with Crippen LogP contribution in [0.5, 0.6) is 0 Å². The third-order valence-electron chi connectivity index (χ3n) is 3.10. The molecule has 0 amide bonds. The average Bonchev–Trinajstić information content (AvgIpc) is 2.67. The van der Waals surface area contributed by atoms with E-state index in [2.05, 4.69) is 36.9 Å². The number of hydrogen-bond donors (Lipinski definition) is 0. The fourth-order valence-electron chi connectivity index (χ4n) is 2.23. The van der Waals surface area contributed by atoms with Crippen molar-refractivity contribution in [1.82, 2.24) is 9.97 Å². The van der Waals surface area contributed by atoms with Gasteiger partial charge in [-0.25, -0.2) is 9.97 Å². The molecule has 0 atom stereocenters. The van der Waals surface area contributed by atoms with E-state index >= 15 is 0 Å². The van der Waals surface area contributed by atoms with Crippen molar-refractivity contribution in [3.05, 3.63) is 29.0 Å². The largest absolute Gasteiger partial charge is 0.355 e. The fraction of sp³-hybridized carbons (Fsp3) is 0.385. The summed E-state index contributed by atoms with van der Waals surface area (Å²) in [6.45, 7) is 2.16. The van der Waals surface area contributed by atoms with Gasteiger partial charge in [0.1, 0.15) is 12.1 Å². The van der Waals surface area contributed by atoms with Crippen LogP contribution < -0.4 is 4.90 Å². The van der Waals surface area contributed by atoms with Crippen molar-refractivity contribution in [1.29, 1.82) is 0 Å². The molecule has 0 bridgehead atoms. The van der Waals surface area contributed by atoms with Gasteiger partial charge in [0.2, 0.25) is 0 Å². The minimum atomic E-state index is 1.01. The van der Waals surface area contributed by atoms with E-state index in [0.717, 1.165) is 34.3 Å². The summed E-state index contributed by atoms with van der Waals surface area (Å²) in [5.41, 5.74) is 1.01. The summed E-state index contributed by atoms with van der Waals surface area (Å²) >= 11 is 5.56. The second-order valence-electron chi connectivity index (χ2n) is 4.31. The molecule has 0 aliphatic carbocycles.